The molecule has 0 aromatic heterocycles. The van der Waals surface area contributed by atoms with Crippen LogP contribution in [0.3, 0.4) is 0 Å². The minimum Gasteiger partial charge on any atom is -0.462 e. The van der Waals surface area contributed by atoms with Gasteiger partial charge >= 0.3 is 17.9 Å². The Hall–Kier alpha value is -2.89. The first-order valence-corrected chi connectivity index (χ1v) is 34.8. The molecule has 0 aliphatic rings. The first-order chi connectivity index (χ1) is 39.0. The molecule has 0 bridgehead atoms. The van der Waals surface area contributed by atoms with Crippen molar-refractivity contribution in [3.63, 3.8) is 0 Å². The van der Waals surface area contributed by atoms with Gasteiger partial charge in [-0.2, -0.15) is 0 Å². The average molecular weight is 1110 g/mol. The van der Waals surface area contributed by atoms with E-state index in [1.165, 1.54) is 257 Å². The zero-order valence-corrected chi connectivity index (χ0v) is 52.9. The van der Waals surface area contributed by atoms with Crippen molar-refractivity contribution in [1.29, 1.82) is 0 Å². The second-order valence-corrected chi connectivity index (χ2v) is 23.4. The molecule has 0 aromatic carbocycles. The van der Waals surface area contributed by atoms with Gasteiger partial charge in [-0.3, -0.25) is 14.4 Å². The highest BCUT2D eigenvalue weighted by Gasteiger charge is 2.19. The van der Waals surface area contributed by atoms with Gasteiger partial charge < -0.3 is 14.2 Å². The summed E-state index contributed by atoms with van der Waals surface area (Å²) in [4.78, 5) is 38.3. The van der Waals surface area contributed by atoms with Crippen molar-refractivity contribution in [2.45, 2.75) is 374 Å². The lowest BCUT2D eigenvalue weighted by molar-refractivity contribution is -0.166. The summed E-state index contributed by atoms with van der Waals surface area (Å²) < 4.78 is 16.9. The van der Waals surface area contributed by atoms with Gasteiger partial charge in [0.25, 0.3) is 0 Å². The van der Waals surface area contributed by atoms with Gasteiger partial charge in [0, 0.05) is 19.3 Å². The molecule has 0 aliphatic carbocycles. The normalized spacial score (nSPS) is 12.4. The second-order valence-electron chi connectivity index (χ2n) is 23.4. The highest BCUT2D eigenvalue weighted by Crippen LogP contribution is 2.18. The molecule has 1 atom stereocenters. The van der Waals surface area contributed by atoms with Gasteiger partial charge in [-0.25, -0.2) is 0 Å². The van der Waals surface area contributed by atoms with Crippen LogP contribution in [-0.4, -0.2) is 37.2 Å². The molecule has 0 saturated heterocycles. The third-order valence-corrected chi connectivity index (χ3v) is 15.5. The molecule has 79 heavy (non-hydrogen) atoms. The smallest absolute Gasteiger partial charge is 0.306 e. The summed E-state index contributed by atoms with van der Waals surface area (Å²) in [5.41, 5.74) is 0. The monoisotopic (exact) mass is 1110 g/mol. The minimum atomic E-state index is -0.805. The van der Waals surface area contributed by atoms with Crippen molar-refractivity contribution >= 4 is 17.9 Å². The maximum Gasteiger partial charge on any atom is 0.306 e. The summed E-state index contributed by atoms with van der Waals surface area (Å²) in [6, 6.07) is 0. The van der Waals surface area contributed by atoms with Crippen LogP contribution in [0.15, 0.2) is 60.8 Å². The van der Waals surface area contributed by atoms with Crippen molar-refractivity contribution in [2.75, 3.05) is 13.2 Å². The quantitative estimate of drug-likeness (QED) is 0.0261. The van der Waals surface area contributed by atoms with Gasteiger partial charge in [0.05, 0.1) is 0 Å². The lowest BCUT2D eigenvalue weighted by Crippen LogP contribution is -2.30. The second kappa shape index (κ2) is 67.6. The Kier molecular flexibility index (Phi) is 65.1. The summed E-state index contributed by atoms with van der Waals surface area (Å²) >= 11 is 0. The number of rotatable bonds is 64. The summed E-state index contributed by atoms with van der Waals surface area (Å²) in [6.45, 7) is 6.51. The van der Waals surface area contributed by atoms with E-state index in [4.69, 9.17) is 14.2 Å². The van der Waals surface area contributed by atoms with Gasteiger partial charge in [0.15, 0.2) is 6.10 Å². The molecule has 0 spiro atoms. The van der Waals surface area contributed by atoms with Crippen molar-refractivity contribution < 1.29 is 28.6 Å². The number of carbonyl (C=O) groups is 3. The maximum absolute atomic E-state index is 12.9. The predicted molar refractivity (Wildman–Crippen MR) is 344 cm³/mol. The molecule has 6 nitrogen and oxygen atoms in total. The van der Waals surface area contributed by atoms with Gasteiger partial charge in [-0.15, -0.1) is 0 Å². The minimum absolute atomic E-state index is 0.0946. The number of ether oxygens (including phenoxy) is 3. The molecular weight excluding hydrogens is 973 g/mol. The van der Waals surface area contributed by atoms with Crippen LogP contribution in [0.1, 0.15) is 367 Å². The van der Waals surface area contributed by atoms with Gasteiger partial charge in [0.1, 0.15) is 13.2 Å². The molecule has 0 saturated carbocycles. The fourth-order valence-electron chi connectivity index (χ4n) is 10.3. The summed E-state index contributed by atoms with van der Waals surface area (Å²) in [5.74, 6) is -0.965. The molecule has 0 aromatic rings. The Morgan fingerprint density at radius 1 is 0.266 bits per heavy atom. The lowest BCUT2D eigenvalue weighted by atomic mass is 10.0. The number of esters is 3. The third kappa shape index (κ3) is 65.8. The van der Waals surface area contributed by atoms with Crippen molar-refractivity contribution in [3.05, 3.63) is 60.8 Å². The van der Waals surface area contributed by atoms with E-state index in [1.807, 2.05) is 6.08 Å². The Labute approximate surface area is 491 Å². The SMILES string of the molecule is CC/C=C\C/C=C\C/C=C\C/C=C\CCC(=O)OCC(COC(=O)CCCCCCCCCCCCCCCCCCCCCCCCCCCCCCCC)OC(=O)CCCCCCCCC/C=C\CCCCCCCCC. The molecule has 6 heteroatoms. The fraction of sp³-hybridized carbons (Fsp3) is 0.822. The Balaban J connectivity index is 4.20. The predicted octanol–water partition coefficient (Wildman–Crippen LogP) is 23.9. The van der Waals surface area contributed by atoms with Crippen LogP contribution in [0.25, 0.3) is 0 Å². The molecule has 0 N–H and O–H groups in total. The third-order valence-electron chi connectivity index (χ3n) is 15.5. The molecule has 1 unspecified atom stereocenters. The highest BCUT2D eigenvalue weighted by atomic mass is 16.6. The average Bonchev–Trinajstić information content (AvgIpc) is 3.45. The molecule has 0 amide bonds. The first-order valence-electron chi connectivity index (χ1n) is 34.8. The first kappa shape index (κ1) is 76.1. The van der Waals surface area contributed by atoms with E-state index < -0.39 is 6.10 Å². The van der Waals surface area contributed by atoms with Crippen LogP contribution in [0.5, 0.6) is 0 Å². The number of carbonyl (C=O) groups excluding carboxylic acids is 3. The summed E-state index contributed by atoms with van der Waals surface area (Å²) in [5, 5.41) is 0. The van der Waals surface area contributed by atoms with Gasteiger partial charge in [-0.1, -0.05) is 338 Å². The standard InChI is InChI=1S/C73H132O6/c1-4-7-10-13-16-19-22-25-27-29-31-32-33-34-35-36-37-38-39-40-41-42-44-45-48-51-54-57-60-63-66-72(75)78-69-70(68-77-71(74)65-62-59-56-53-50-47-24-21-18-15-12-9-6-3)79-73(76)67-64-61-58-55-52-49-46-43-30-28-26-23-20-17-14-11-8-5-2/h9,12,18,21,28,30,47,50,56,59,70H,4-8,10-11,13-17,19-20,22-27,29,31-46,48-49,51-55,57-58,60-69H2,1-3H3/b12-9-,21-18-,30-28-,50-47-,59-56-. The molecule has 0 rings (SSSR count). The van der Waals surface area contributed by atoms with Crippen molar-refractivity contribution in [3.8, 4) is 0 Å². The number of hydrogen-bond acceptors (Lipinski definition) is 6. The van der Waals surface area contributed by atoms with E-state index in [9.17, 15) is 14.4 Å². The molecule has 0 heterocycles. The number of allylic oxidation sites excluding steroid dienone is 10. The van der Waals surface area contributed by atoms with Gasteiger partial charge in [0.2, 0.25) is 0 Å². The fourth-order valence-corrected chi connectivity index (χ4v) is 10.3. The topological polar surface area (TPSA) is 78.9 Å². The van der Waals surface area contributed by atoms with Crippen LogP contribution in [0, 0.1) is 0 Å². The Morgan fingerprint density at radius 2 is 0.519 bits per heavy atom. The largest absolute Gasteiger partial charge is 0.462 e. The summed E-state index contributed by atoms with van der Waals surface area (Å²) in [6.07, 6.45) is 87.1. The maximum atomic E-state index is 12.9. The van der Waals surface area contributed by atoms with E-state index in [0.29, 0.717) is 19.3 Å². The van der Waals surface area contributed by atoms with Crippen LogP contribution in [0.2, 0.25) is 0 Å². The van der Waals surface area contributed by atoms with E-state index in [-0.39, 0.29) is 37.5 Å². The zero-order chi connectivity index (χ0) is 57.1. The molecular formula is C73H132O6. The lowest BCUT2D eigenvalue weighted by Gasteiger charge is -2.18. The molecule has 0 aliphatic heterocycles. The van der Waals surface area contributed by atoms with E-state index in [1.54, 1.807) is 0 Å². The van der Waals surface area contributed by atoms with Crippen LogP contribution in [0.4, 0.5) is 0 Å². The van der Waals surface area contributed by atoms with Crippen LogP contribution in [-0.2, 0) is 28.6 Å². The Bertz CT molecular complexity index is 1410. The Morgan fingerprint density at radius 3 is 0.848 bits per heavy atom. The van der Waals surface area contributed by atoms with E-state index in [2.05, 4.69) is 75.5 Å². The van der Waals surface area contributed by atoms with Crippen LogP contribution >= 0.6 is 0 Å². The van der Waals surface area contributed by atoms with Crippen LogP contribution < -0.4 is 0 Å². The van der Waals surface area contributed by atoms with Crippen molar-refractivity contribution in [2.24, 2.45) is 0 Å². The molecule has 0 radical (unpaired) electrons. The molecule has 460 valence electrons. The highest BCUT2D eigenvalue weighted by molar-refractivity contribution is 5.71. The zero-order valence-electron chi connectivity index (χ0n) is 52.9. The summed E-state index contributed by atoms with van der Waals surface area (Å²) in [7, 11) is 0. The van der Waals surface area contributed by atoms with E-state index >= 15 is 0 Å². The number of unbranched alkanes of at least 4 members (excludes halogenated alkanes) is 43. The number of hydrogen-bond donors (Lipinski definition) is 0. The molecule has 0 fully saturated rings. The van der Waals surface area contributed by atoms with E-state index in [0.717, 1.165) is 64.2 Å². The van der Waals surface area contributed by atoms with Gasteiger partial charge in [-0.05, 0) is 70.6 Å². The van der Waals surface area contributed by atoms with Crippen molar-refractivity contribution in [1.82, 2.24) is 0 Å².